The van der Waals surface area contributed by atoms with Crippen molar-refractivity contribution in [2.24, 2.45) is 11.8 Å². The highest BCUT2D eigenvalue weighted by Crippen LogP contribution is 2.34. The normalized spacial score (nSPS) is 21.2. The Morgan fingerprint density at radius 3 is 2.43 bits per heavy atom. The fourth-order valence-electron chi connectivity index (χ4n) is 2.82. The van der Waals surface area contributed by atoms with Gasteiger partial charge >= 0.3 is 0 Å². The average Bonchev–Trinajstić information content (AvgIpc) is 2.48. The molecule has 0 fully saturated rings. The van der Waals surface area contributed by atoms with Crippen molar-refractivity contribution in [3.8, 4) is 0 Å². The van der Waals surface area contributed by atoms with Gasteiger partial charge in [-0.3, -0.25) is 4.79 Å². The van der Waals surface area contributed by atoms with Crippen molar-refractivity contribution in [1.29, 1.82) is 0 Å². The Balaban J connectivity index is 2.12. The second kappa shape index (κ2) is 7.13. The van der Waals surface area contributed by atoms with E-state index in [-0.39, 0.29) is 17.1 Å². The van der Waals surface area contributed by atoms with E-state index in [1.807, 2.05) is 13.8 Å². The zero-order chi connectivity index (χ0) is 17.1. The molecular formula is C17H18ClFNO3-. The van der Waals surface area contributed by atoms with Crippen molar-refractivity contribution in [1.82, 2.24) is 5.32 Å². The van der Waals surface area contributed by atoms with E-state index in [0.29, 0.717) is 12.8 Å². The van der Waals surface area contributed by atoms with Gasteiger partial charge in [-0.25, -0.2) is 4.39 Å². The second-order valence-corrected chi connectivity index (χ2v) is 6.33. The molecule has 0 unspecified atom stereocenters. The molecule has 1 aromatic rings. The topological polar surface area (TPSA) is 69.2 Å². The van der Waals surface area contributed by atoms with Crippen LogP contribution in [0.25, 0.3) is 0 Å². The molecule has 0 radical (unpaired) electrons. The number of benzene rings is 1. The molecule has 0 aliphatic heterocycles. The predicted octanol–water partition coefficient (Wildman–Crippen LogP) is 2.21. The number of carbonyl (C=O) groups is 2. The molecular weight excluding hydrogens is 321 g/mol. The van der Waals surface area contributed by atoms with Gasteiger partial charge in [0, 0.05) is 34.9 Å². The predicted molar refractivity (Wildman–Crippen MR) is 82.9 cm³/mol. The number of carboxylic acid groups (broad SMARTS) is 1. The lowest BCUT2D eigenvalue weighted by molar-refractivity contribution is -0.313. The van der Waals surface area contributed by atoms with E-state index < -0.39 is 29.5 Å². The Kier molecular flexibility index (Phi) is 5.42. The smallest absolute Gasteiger partial charge is 0.224 e. The van der Waals surface area contributed by atoms with E-state index in [2.05, 4.69) is 5.32 Å². The molecule has 124 valence electrons. The summed E-state index contributed by atoms with van der Waals surface area (Å²) in [5.74, 6) is -3.75. The Morgan fingerprint density at radius 2 is 1.87 bits per heavy atom. The minimum atomic E-state index is -1.24. The van der Waals surface area contributed by atoms with Crippen molar-refractivity contribution in [3.05, 3.63) is 45.7 Å². The molecule has 4 nitrogen and oxygen atoms in total. The third-order valence-corrected chi connectivity index (χ3v) is 4.76. The molecule has 2 atom stereocenters. The molecule has 1 aliphatic carbocycles. The van der Waals surface area contributed by atoms with Crippen molar-refractivity contribution in [3.63, 3.8) is 0 Å². The lowest BCUT2D eigenvalue weighted by Gasteiger charge is -2.32. The van der Waals surface area contributed by atoms with E-state index in [4.69, 9.17) is 11.6 Å². The van der Waals surface area contributed by atoms with Crippen LogP contribution in [0.2, 0.25) is 5.02 Å². The number of halogens is 2. The SMILES string of the molecule is CC1=C(C)C[C@H](C(=O)NCc2c(F)cccc2Cl)[C@@H](C(=O)[O-])C1. The first-order valence-corrected chi connectivity index (χ1v) is 7.75. The largest absolute Gasteiger partial charge is 0.550 e. The van der Waals surface area contributed by atoms with Crippen molar-refractivity contribution in [2.75, 3.05) is 0 Å². The van der Waals surface area contributed by atoms with E-state index >= 15 is 0 Å². The summed E-state index contributed by atoms with van der Waals surface area (Å²) in [6.07, 6.45) is 0.661. The molecule has 1 aliphatic rings. The van der Waals surface area contributed by atoms with Gasteiger partial charge in [0.1, 0.15) is 5.82 Å². The van der Waals surface area contributed by atoms with Gasteiger partial charge in [0.05, 0.1) is 0 Å². The first-order chi connectivity index (χ1) is 10.8. The van der Waals surface area contributed by atoms with Crippen LogP contribution in [0.1, 0.15) is 32.3 Å². The van der Waals surface area contributed by atoms with Crippen LogP contribution in [-0.4, -0.2) is 11.9 Å². The summed E-state index contributed by atoms with van der Waals surface area (Å²) in [6.45, 7) is 3.66. The highest BCUT2D eigenvalue weighted by atomic mass is 35.5. The van der Waals surface area contributed by atoms with Crippen LogP contribution >= 0.6 is 11.6 Å². The van der Waals surface area contributed by atoms with Crippen LogP contribution in [0.5, 0.6) is 0 Å². The Bertz CT molecular complexity index is 652. The van der Waals surface area contributed by atoms with Gasteiger partial charge in [0.15, 0.2) is 0 Å². The number of carboxylic acids is 1. The Morgan fingerprint density at radius 1 is 1.26 bits per heavy atom. The third kappa shape index (κ3) is 3.91. The number of amides is 1. The van der Waals surface area contributed by atoms with Gasteiger partial charge in [-0.1, -0.05) is 28.8 Å². The summed E-state index contributed by atoms with van der Waals surface area (Å²) >= 11 is 5.92. The second-order valence-electron chi connectivity index (χ2n) is 5.92. The number of carbonyl (C=O) groups excluding carboxylic acids is 2. The maximum absolute atomic E-state index is 13.7. The maximum Gasteiger partial charge on any atom is 0.224 e. The fraction of sp³-hybridized carbons (Fsp3) is 0.412. The summed E-state index contributed by atoms with van der Waals surface area (Å²) < 4.78 is 13.7. The number of allylic oxidation sites excluding steroid dienone is 2. The van der Waals surface area contributed by atoms with Gasteiger partial charge in [0.2, 0.25) is 5.91 Å². The van der Waals surface area contributed by atoms with E-state index in [1.165, 1.54) is 18.2 Å². The van der Waals surface area contributed by atoms with Crippen LogP contribution in [0, 0.1) is 17.7 Å². The van der Waals surface area contributed by atoms with E-state index in [1.54, 1.807) is 0 Å². The molecule has 1 amide bonds. The van der Waals surface area contributed by atoms with Crippen LogP contribution in [0.3, 0.4) is 0 Å². The summed E-state index contributed by atoms with van der Waals surface area (Å²) in [4.78, 5) is 23.7. The van der Waals surface area contributed by atoms with Gasteiger partial charge in [-0.2, -0.15) is 0 Å². The van der Waals surface area contributed by atoms with Crippen LogP contribution in [0.15, 0.2) is 29.3 Å². The van der Waals surface area contributed by atoms with E-state index in [0.717, 1.165) is 11.1 Å². The van der Waals surface area contributed by atoms with Gasteiger partial charge in [0.25, 0.3) is 0 Å². The van der Waals surface area contributed by atoms with Gasteiger partial charge < -0.3 is 15.2 Å². The molecule has 6 heteroatoms. The van der Waals surface area contributed by atoms with E-state index in [9.17, 15) is 19.1 Å². The molecule has 1 N–H and O–H groups in total. The minimum Gasteiger partial charge on any atom is -0.550 e. The summed E-state index contributed by atoms with van der Waals surface area (Å²) in [5.41, 5.74) is 2.17. The molecule has 0 bridgehead atoms. The van der Waals surface area contributed by atoms with Crippen LogP contribution in [-0.2, 0) is 16.1 Å². The number of hydrogen-bond acceptors (Lipinski definition) is 3. The fourth-order valence-corrected chi connectivity index (χ4v) is 3.05. The van der Waals surface area contributed by atoms with Crippen LogP contribution < -0.4 is 10.4 Å². The Hall–Kier alpha value is -1.88. The first kappa shape index (κ1) is 17.5. The molecule has 0 aromatic heterocycles. The highest BCUT2D eigenvalue weighted by Gasteiger charge is 2.33. The van der Waals surface area contributed by atoms with Crippen molar-refractivity contribution in [2.45, 2.75) is 33.2 Å². The quantitative estimate of drug-likeness (QED) is 0.856. The standard InChI is InChI=1S/C17H19ClFNO3/c1-9-6-11(12(17(22)23)7-10(9)2)16(21)20-8-13-14(18)4-3-5-15(13)19/h3-5,11-12H,6-8H2,1-2H3,(H,20,21)(H,22,23)/p-1/t11-,12-/m0/s1. The molecule has 0 saturated carbocycles. The highest BCUT2D eigenvalue weighted by molar-refractivity contribution is 6.31. The number of rotatable bonds is 4. The Labute approximate surface area is 139 Å². The maximum atomic E-state index is 13.7. The third-order valence-electron chi connectivity index (χ3n) is 4.41. The first-order valence-electron chi connectivity index (χ1n) is 7.38. The van der Waals surface area contributed by atoms with Crippen LogP contribution in [0.4, 0.5) is 4.39 Å². The number of nitrogens with one attached hydrogen (secondary N) is 1. The zero-order valence-electron chi connectivity index (χ0n) is 13.0. The monoisotopic (exact) mass is 338 g/mol. The molecule has 1 aromatic carbocycles. The molecule has 0 spiro atoms. The molecule has 0 heterocycles. The molecule has 23 heavy (non-hydrogen) atoms. The summed E-state index contributed by atoms with van der Waals surface area (Å²) in [6, 6.07) is 4.27. The van der Waals surface area contributed by atoms with Gasteiger partial charge in [-0.05, 0) is 38.8 Å². The number of aliphatic carboxylic acids is 1. The van der Waals surface area contributed by atoms with Crippen molar-refractivity contribution >= 4 is 23.5 Å². The molecule has 2 rings (SSSR count). The van der Waals surface area contributed by atoms with Gasteiger partial charge in [-0.15, -0.1) is 0 Å². The lowest BCUT2D eigenvalue weighted by atomic mass is 9.76. The minimum absolute atomic E-state index is 0.0810. The summed E-state index contributed by atoms with van der Waals surface area (Å²) in [7, 11) is 0. The van der Waals surface area contributed by atoms with Crippen molar-refractivity contribution < 1.29 is 19.1 Å². The zero-order valence-corrected chi connectivity index (χ0v) is 13.7. The summed E-state index contributed by atoms with van der Waals surface area (Å²) in [5, 5.41) is 14.1. The average molecular weight is 339 g/mol. The molecule has 0 saturated heterocycles. The lowest BCUT2D eigenvalue weighted by Crippen LogP contribution is -2.44. The number of hydrogen-bond donors (Lipinski definition) is 1.